The molecule has 0 aliphatic heterocycles. The van der Waals surface area contributed by atoms with Gasteiger partial charge in [0, 0.05) is 26.4 Å². The summed E-state index contributed by atoms with van der Waals surface area (Å²) in [7, 11) is 1.86. The predicted octanol–water partition coefficient (Wildman–Crippen LogP) is 3.12. The molecule has 8 heteroatoms. The van der Waals surface area contributed by atoms with Crippen molar-refractivity contribution in [1.82, 2.24) is 14.9 Å². The molecule has 0 aliphatic rings. The molecule has 25 heavy (non-hydrogen) atoms. The maximum atomic E-state index is 13.3. The lowest BCUT2D eigenvalue weighted by molar-refractivity contribution is -0.121. The summed E-state index contributed by atoms with van der Waals surface area (Å²) >= 11 is 0. The van der Waals surface area contributed by atoms with Crippen LogP contribution in [0.2, 0.25) is 0 Å². The van der Waals surface area contributed by atoms with Gasteiger partial charge in [-0.3, -0.25) is 4.79 Å². The number of imidazole rings is 1. The number of aryl methyl sites for hydroxylation is 1. The van der Waals surface area contributed by atoms with E-state index < -0.39 is 0 Å². The molecule has 0 spiro atoms. The molecule has 0 unspecified atom stereocenters. The van der Waals surface area contributed by atoms with Crippen LogP contribution in [0.5, 0.6) is 0 Å². The molecule has 0 atom stereocenters. The third-order valence-electron chi connectivity index (χ3n) is 3.96. The topological polar surface area (TPSA) is 72.9 Å². The molecule has 1 heterocycles. The van der Waals surface area contributed by atoms with Crippen molar-refractivity contribution in [3.05, 3.63) is 29.8 Å². The zero-order valence-electron chi connectivity index (χ0n) is 14.5. The molecule has 0 saturated carbocycles. The van der Waals surface area contributed by atoms with Gasteiger partial charge in [0.25, 0.3) is 0 Å². The van der Waals surface area contributed by atoms with Gasteiger partial charge in [-0.1, -0.05) is 12.8 Å². The van der Waals surface area contributed by atoms with Crippen molar-refractivity contribution in [2.24, 2.45) is 12.8 Å². The molecule has 3 N–H and O–H groups in total. The fourth-order valence-electron chi connectivity index (χ4n) is 2.62. The third-order valence-corrected chi connectivity index (χ3v) is 3.96. The Hall–Kier alpha value is -1.37. The van der Waals surface area contributed by atoms with Crippen LogP contribution >= 0.6 is 24.8 Å². The molecule has 0 saturated heterocycles. The highest BCUT2D eigenvalue weighted by atomic mass is 35.5. The molecule has 1 aromatic carbocycles. The van der Waals surface area contributed by atoms with Crippen LogP contribution in [0, 0.1) is 5.82 Å². The van der Waals surface area contributed by atoms with Crippen molar-refractivity contribution in [2.75, 3.05) is 13.1 Å². The molecule has 1 amide bonds. The Morgan fingerprint density at radius 2 is 1.96 bits per heavy atom. The van der Waals surface area contributed by atoms with Crippen molar-refractivity contribution < 1.29 is 9.18 Å². The number of fused-ring (bicyclic) bond motifs is 1. The lowest BCUT2D eigenvalue weighted by Crippen LogP contribution is -2.26. The van der Waals surface area contributed by atoms with Crippen LogP contribution in [-0.4, -0.2) is 28.5 Å². The number of nitrogens with zero attached hydrogens (tertiary/aromatic N) is 2. The smallest absolute Gasteiger partial charge is 0.220 e. The van der Waals surface area contributed by atoms with Gasteiger partial charge in [0.1, 0.15) is 11.6 Å². The summed E-state index contributed by atoms with van der Waals surface area (Å²) in [4.78, 5) is 16.2. The van der Waals surface area contributed by atoms with E-state index in [1.54, 1.807) is 6.07 Å². The van der Waals surface area contributed by atoms with Crippen molar-refractivity contribution in [1.29, 1.82) is 0 Å². The number of nitrogens with two attached hydrogens (primary N) is 1. The summed E-state index contributed by atoms with van der Waals surface area (Å²) in [5.74, 6) is 0.645. The van der Waals surface area contributed by atoms with E-state index in [0.717, 1.165) is 42.5 Å². The van der Waals surface area contributed by atoms with Gasteiger partial charge in [0.15, 0.2) is 0 Å². The minimum Gasteiger partial charge on any atom is -0.356 e. The number of carbonyl (C=O) groups excluding carboxylic acids is 1. The van der Waals surface area contributed by atoms with Crippen molar-refractivity contribution >= 4 is 41.8 Å². The number of carbonyl (C=O) groups is 1. The SMILES string of the molecule is Cl.Cl.Cn1c(CCNC(=O)CCCCCCN)nc2ccc(F)cc21. The zero-order chi connectivity index (χ0) is 16.7. The number of rotatable bonds is 9. The number of amides is 1. The summed E-state index contributed by atoms with van der Waals surface area (Å²) in [6.07, 6.45) is 5.23. The average Bonchev–Trinajstić information content (AvgIpc) is 2.83. The molecule has 0 fully saturated rings. The number of halogens is 3. The molecule has 0 radical (unpaired) electrons. The van der Waals surface area contributed by atoms with Crippen LogP contribution in [0.3, 0.4) is 0 Å². The summed E-state index contributed by atoms with van der Waals surface area (Å²) in [6.45, 7) is 1.26. The highest BCUT2D eigenvalue weighted by Crippen LogP contribution is 2.16. The molecule has 0 bridgehead atoms. The van der Waals surface area contributed by atoms with Gasteiger partial charge in [-0.25, -0.2) is 9.37 Å². The largest absolute Gasteiger partial charge is 0.356 e. The molecular formula is C17H27Cl2FN4O. The third kappa shape index (κ3) is 7.18. The minimum absolute atomic E-state index is 0. The second-order valence-electron chi connectivity index (χ2n) is 5.77. The number of hydrogen-bond donors (Lipinski definition) is 2. The lowest BCUT2D eigenvalue weighted by atomic mass is 10.1. The normalized spacial score (nSPS) is 10.2. The van der Waals surface area contributed by atoms with Crippen LogP contribution in [0.1, 0.15) is 37.9 Å². The molecule has 2 rings (SSSR count). The maximum Gasteiger partial charge on any atom is 0.220 e. The van der Waals surface area contributed by atoms with Crippen LogP contribution < -0.4 is 11.1 Å². The van der Waals surface area contributed by atoms with Gasteiger partial charge < -0.3 is 15.6 Å². The zero-order valence-corrected chi connectivity index (χ0v) is 16.1. The first-order valence-electron chi connectivity index (χ1n) is 8.19. The summed E-state index contributed by atoms with van der Waals surface area (Å²) in [5.41, 5.74) is 6.97. The van der Waals surface area contributed by atoms with E-state index in [2.05, 4.69) is 10.3 Å². The van der Waals surface area contributed by atoms with Gasteiger partial charge in [-0.15, -0.1) is 24.8 Å². The quantitative estimate of drug-likeness (QED) is 0.643. The van der Waals surface area contributed by atoms with E-state index in [-0.39, 0.29) is 36.5 Å². The first kappa shape index (κ1) is 23.6. The highest BCUT2D eigenvalue weighted by Gasteiger charge is 2.09. The standard InChI is InChI=1S/C17H25FN4O.2ClH/c1-22-15-12-13(18)7-8-14(15)21-16(22)9-11-20-17(23)6-4-2-3-5-10-19;;/h7-8,12H,2-6,9-11,19H2,1H3,(H,20,23);2*1H. The van der Waals surface area contributed by atoms with E-state index in [1.165, 1.54) is 12.1 Å². The maximum absolute atomic E-state index is 13.3. The lowest BCUT2D eigenvalue weighted by Gasteiger charge is -2.06. The molecule has 5 nitrogen and oxygen atoms in total. The van der Waals surface area contributed by atoms with Crippen molar-refractivity contribution in [3.8, 4) is 0 Å². The average molecular weight is 393 g/mol. The van der Waals surface area contributed by atoms with Gasteiger partial charge in [-0.05, 0) is 37.6 Å². The van der Waals surface area contributed by atoms with Crippen LogP contribution in [0.25, 0.3) is 11.0 Å². The minimum atomic E-state index is -0.269. The highest BCUT2D eigenvalue weighted by molar-refractivity contribution is 5.85. The Morgan fingerprint density at radius 1 is 1.24 bits per heavy atom. The Balaban J connectivity index is 0.00000288. The van der Waals surface area contributed by atoms with Gasteiger partial charge in [0.05, 0.1) is 11.0 Å². The molecule has 0 aliphatic carbocycles. The molecule has 1 aromatic heterocycles. The number of unbranched alkanes of at least 4 members (excludes halogenated alkanes) is 3. The summed E-state index contributed by atoms with van der Waals surface area (Å²) < 4.78 is 15.1. The van der Waals surface area contributed by atoms with E-state index in [1.807, 2.05) is 11.6 Å². The molecule has 2 aromatic rings. The van der Waals surface area contributed by atoms with Gasteiger partial charge in [0.2, 0.25) is 5.91 Å². The second kappa shape index (κ2) is 12.1. The number of benzene rings is 1. The number of hydrogen-bond acceptors (Lipinski definition) is 3. The predicted molar refractivity (Wildman–Crippen MR) is 104 cm³/mol. The Morgan fingerprint density at radius 3 is 2.68 bits per heavy atom. The van der Waals surface area contributed by atoms with E-state index in [9.17, 15) is 9.18 Å². The summed E-state index contributed by atoms with van der Waals surface area (Å²) in [5, 5.41) is 2.91. The summed E-state index contributed by atoms with van der Waals surface area (Å²) in [6, 6.07) is 4.56. The Bertz CT molecular complexity index is 663. The van der Waals surface area contributed by atoms with E-state index in [4.69, 9.17) is 5.73 Å². The number of nitrogens with one attached hydrogen (secondary N) is 1. The van der Waals surface area contributed by atoms with E-state index in [0.29, 0.717) is 25.9 Å². The van der Waals surface area contributed by atoms with Crippen LogP contribution in [0.4, 0.5) is 4.39 Å². The first-order valence-corrected chi connectivity index (χ1v) is 8.19. The van der Waals surface area contributed by atoms with Gasteiger partial charge in [-0.2, -0.15) is 0 Å². The number of aromatic nitrogens is 2. The fraction of sp³-hybridized carbons (Fsp3) is 0.529. The monoisotopic (exact) mass is 392 g/mol. The molecular weight excluding hydrogens is 366 g/mol. The van der Waals surface area contributed by atoms with Gasteiger partial charge >= 0.3 is 0 Å². The van der Waals surface area contributed by atoms with Crippen molar-refractivity contribution in [2.45, 2.75) is 38.5 Å². The Labute approximate surface area is 160 Å². The van der Waals surface area contributed by atoms with Crippen LogP contribution in [-0.2, 0) is 18.3 Å². The van der Waals surface area contributed by atoms with Crippen molar-refractivity contribution in [3.63, 3.8) is 0 Å². The Kier molecular flexibility index (Phi) is 11.4. The van der Waals surface area contributed by atoms with E-state index >= 15 is 0 Å². The van der Waals surface area contributed by atoms with Crippen LogP contribution in [0.15, 0.2) is 18.2 Å². The molecule has 142 valence electrons. The first-order chi connectivity index (χ1) is 11.1. The second-order valence-corrected chi connectivity index (χ2v) is 5.77. The fourth-order valence-corrected chi connectivity index (χ4v) is 2.62.